The number of carbonyl (C=O) groups excluding carboxylic acids is 2. The molecule has 0 radical (unpaired) electrons. The highest BCUT2D eigenvalue weighted by molar-refractivity contribution is 5.98. The lowest BCUT2D eigenvalue weighted by Crippen LogP contribution is -2.30. The van der Waals surface area contributed by atoms with Gasteiger partial charge in [0, 0.05) is 31.5 Å². The molecule has 0 fully saturated rings. The van der Waals surface area contributed by atoms with Crippen LogP contribution in [0.15, 0.2) is 53.3 Å². The molecular formula is C23H27N3O3. The van der Waals surface area contributed by atoms with Crippen LogP contribution >= 0.6 is 0 Å². The van der Waals surface area contributed by atoms with Gasteiger partial charge in [-0.1, -0.05) is 57.2 Å². The molecule has 0 bridgehead atoms. The van der Waals surface area contributed by atoms with Crippen molar-refractivity contribution in [3.8, 4) is 0 Å². The lowest BCUT2D eigenvalue weighted by atomic mass is 9.86. The van der Waals surface area contributed by atoms with Crippen molar-refractivity contribution < 1.29 is 9.59 Å². The molecule has 152 valence electrons. The van der Waals surface area contributed by atoms with Gasteiger partial charge >= 0.3 is 5.69 Å². The standard InChI is InChI=1S/C23H27N3O3/c1-23(2,3)17-10-8-16(9-11-17)20(27)12-13-21(28)24-14-15-26-19-7-5-4-6-18(19)25-22(26)29/h4-11H,12-15H2,1-3H3,(H,24,28)(H,25,29). The third-order valence-electron chi connectivity index (χ3n) is 4.99. The van der Waals surface area contributed by atoms with Crippen LogP contribution in [0, 0.1) is 0 Å². The topological polar surface area (TPSA) is 84.0 Å². The molecule has 0 saturated carbocycles. The van der Waals surface area contributed by atoms with E-state index in [9.17, 15) is 14.4 Å². The van der Waals surface area contributed by atoms with Gasteiger partial charge in [-0.2, -0.15) is 0 Å². The van der Waals surface area contributed by atoms with Crippen molar-refractivity contribution in [2.24, 2.45) is 0 Å². The highest BCUT2D eigenvalue weighted by Gasteiger charge is 2.15. The number of para-hydroxylation sites is 2. The minimum absolute atomic E-state index is 0.0359. The second-order valence-corrected chi connectivity index (χ2v) is 8.20. The first-order valence-electron chi connectivity index (χ1n) is 9.84. The summed E-state index contributed by atoms with van der Waals surface area (Å²) < 4.78 is 1.59. The van der Waals surface area contributed by atoms with E-state index in [1.54, 1.807) is 4.57 Å². The predicted octanol–water partition coefficient (Wildman–Crippen LogP) is 3.41. The molecule has 6 heteroatoms. The number of H-pyrrole nitrogens is 1. The maximum absolute atomic E-state index is 12.3. The Balaban J connectivity index is 1.48. The monoisotopic (exact) mass is 393 g/mol. The summed E-state index contributed by atoms with van der Waals surface area (Å²) in [5, 5.41) is 2.78. The molecule has 0 atom stereocenters. The van der Waals surface area contributed by atoms with E-state index in [1.807, 2.05) is 48.5 Å². The molecule has 0 spiro atoms. The summed E-state index contributed by atoms with van der Waals surface area (Å²) in [5.41, 5.74) is 3.20. The number of Topliss-reactive ketones (excluding diaryl/α,β-unsaturated/α-hetero) is 1. The number of hydrogen-bond donors (Lipinski definition) is 2. The van der Waals surface area contributed by atoms with Crippen LogP contribution in [0.3, 0.4) is 0 Å². The van der Waals surface area contributed by atoms with Crippen molar-refractivity contribution in [2.45, 2.75) is 45.6 Å². The van der Waals surface area contributed by atoms with Gasteiger partial charge in [0.1, 0.15) is 0 Å². The second kappa shape index (κ2) is 8.47. The van der Waals surface area contributed by atoms with Gasteiger partial charge in [-0.3, -0.25) is 14.2 Å². The summed E-state index contributed by atoms with van der Waals surface area (Å²) in [6, 6.07) is 15.0. The third kappa shape index (κ3) is 5.02. The normalized spacial score (nSPS) is 11.6. The van der Waals surface area contributed by atoms with E-state index in [1.165, 1.54) is 5.56 Å². The van der Waals surface area contributed by atoms with Crippen molar-refractivity contribution in [2.75, 3.05) is 6.54 Å². The smallest absolute Gasteiger partial charge is 0.326 e. The Morgan fingerprint density at radius 2 is 1.69 bits per heavy atom. The number of nitrogens with one attached hydrogen (secondary N) is 2. The lowest BCUT2D eigenvalue weighted by Gasteiger charge is -2.18. The fourth-order valence-corrected chi connectivity index (χ4v) is 3.25. The van der Waals surface area contributed by atoms with E-state index >= 15 is 0 Å². The molecule has 6 nitrogen and oxygen atoms in total. The first-order valence-corrected chi connectivity index (χ1v) is 9.84. The number of imidazole rings is 1. The zero-order valence-electron chi connectivity index (χ0n) is 17.1. The minimum atomic E-state index is -0.200. The number of aromatic nitrogens is 2. The number of aromatic amines is 1. The molecule has 2 N–H and O–H groups in total. The number of rotatable bonds is 7. The first-order chi connectivity index (χ1) is 13.8. The molecule has 0 aliphatic carbocycles. The van der Waals surface area contributed by atoms with E-state index in [0.717, 1.165) is 11.0 Å². The largest absolute Gasteiger partial charge is 0.354 e. The molecule has 0 aliphatic heterocycles. The Labute approximate surface area is 169 Å². The van der Waals surface area contributed by atoms with Crippen LogP contribution < -0.4 is 11.0 Å². The number of carbonyl (C=O) groups is 2. The quantitative estimate of drug-likeness (QED) is 0.604. The number of amides is 1. The fraction of sp³-hybridized carbons (Fsp3) is 0.348. The van der Waals surface area contributed by atoms with Gasteiger partial charge in [-0.25, -0.2) is 4.79 Å². The molecular weight excluding hydrogens is 366 g/mol. The summed E-state index contributed by atoms with van der Waals surface area (Å²) in [6.45, 7) is 7.07. The molecule has 3 aromatic rings. The maximum atomic E-state index is 12.3. The van der Waals surface area contributed by atoms with Crippen molar-refractivity contribution in [1.82, 2.24) is 14.9 Å². The van der Waals surface area contributed by atoms with Gasteiger partial charge in [0.15, 0.2) is 5.78 Å². The lowest BCUT2D eigenvalue weighted by molar-refractivity contribution is -0.121. The Bertz CT molecular complexity index is 1070. The summed E-state index contributed by atoms with van der Waals surface area (Å²) >= 11 is 0. The zero-order valence-corrected chi connectivity index (χ0v) is 17.1. The van der Waals surface area contributed by atoms with Crippen LogP contribution in [-0.4, -0.2) is 27.8 Å². The summed E-state index contributed by atoms with van der Waals surface area (Å²) in [5.74, 6) is -0.244. The van der Waals surface area contributed by atoms with Gasteiger partial charge < -0.3 is 10.3 Å². The average Bonchev–Trinajstić information content (AvgIpc) is 3.01. The van der Waals surface area contributed by atoms with E-state index in [4.69, 9.17) is 0 Å². The van der Waals surface area contributed by atoms with Crippen LogP contribution in [0.5, 0.6) is 0 Å². The van der Waals surface area contributed by atoms with Crippen LogP contribution in [0.25, 0.3) is 11.0 Å². The molecule has 1 heterocycles. The van der Waals surface area contributed by atoms with Crippen molar-refractivity contribution >= 4 is 22.7 Å². The van der Waals surface area contributed by atoms with E-state index in [2.05, 4.69) is 31.1 Å². The number of fused-ring (bicyclic) bond motifs is 1. The van der Waals surface area contributed by atoms with Crippen molar-refractivity contribution in [3.05, 3.63) is 70.1 Å². The van der Waals surface area contributed by atoms with Gasteiger partial charge in [0.2, 0.25) is 5.91 Å². The van der Waals surface area contributed by atoms with Gasteiger partial charge in [-0.05, 0) is 23.1 Å². The number of nitrogens with zero attached hydrogens (tertiary/aromatic N) is 1. The zero-order chi connectivity index (χ0) is 21.0. The van der Waals surface area contributed by atoms with E-state index in [-0.39, 0.29) is 35.6 Å². The van der Waals surface area contributed by atoms with Gasteiger partial charge in [0.25, 0.3) is 0 Å². The second-order valence-electron chi connectivity index (χ2n) is 8.20. The van der Waals surface area contributed by atoms with E-state index < -0.39 is 0 Å². The Morgan fingerprint density at radius 3 is 2.38 bits per heavy atom. The Kier molecular flexibility index (Phi) is 6.01. The van der Waals surface area contributed by atoms with Crippen molar-refractivity contribution in [3.63, 3.8) is 0 Å². The average molecular weight is 393 g/mol. The Hall–Kier alpha value is -3.15. The first kappa shape index (κ1) is 20.6. The summed E-state index contributed by atoms with van der Waals surface area (Å²) in [6.07, 6.45) is 0.288. The van der Waals surface area contributed by atoms with Crippen LogP contribution in [0.2, 0.25) is 0 Å². The Morgan fingerprint density at radius 1 is 1.00 bits per heavy atom. The SMILES string of the molecule is CC(C)(C)c1ccc(C(=O)CCC(=O)NCCn2c(=O)[nH]c3ccccc32)cc1. The number of hydrogen-bond acceptors (Lipinski definition) is 3. The molecule has 29 heavy (non-hydrogen) atoms. The molecule has 0 saturated heterocycles. The van der Waals surface area contributed by atoms with Crippen LogP contribution in [0.4, 0.5) is 0 Å². The molecule has 3 rings (SSSR count). The molecule has 0 aliphatic rings. The van der Waals surface area contributed by atoms with Crippen molar-refractivity contribution in [1.29, 1.82) is 0 Å². The molecule has 1 amide bonds. The highest BCUT2D eigenvalue weighted by atomic mass is 16.2. The third-order valence-corrected chi connectivity index (χ3v) is 4.99. The molecule has 2 aromatic carbocycles. The van der Waals surface area contributed by atoms with Crippen LogP contribution in [-0.2, 0) is 16.8 Å². The molecule has 1 aromatic heterocycles. The van der Waals surface area contributed by atoms with Gasteiger partial charge in [-0.15, -0.1) is 0 Å². The molecule has 0 unspecified atom stereocenters. The van der Waals surface area contributed by atoms with Gasteiger partial charge in [0.05, 0.1) is 11.0 Å². The highest BCUT2D eigenvalue weighted by Crippen LogP contribution is 2.22. The predicted molar refractivity (Wildman–Crippen MR) is 114 cm³/mol. The number of benzene rings is 2. The van der Waals surface area contributed by atoms with Crippen LogP contribution in [0.1, 0.15) is 49.5 Å². The maximum Gasteiger partial charge on any atom is 0.326 e. The fourth-order valence-electron chi connectivity index (χ4n) is 3.25. The summed E-state index contributed by atoms with van der Waals surface area (Å²) in [7, 11) is 0. The number of ketones is 1. The van der Waals surface area contributed by atoms with E-state index in [0.29, 0.717) is 18.7 Å². The summed E-state index contributed by atoms with van der Waals surface area (Å²) in [4.78, 5) is 39.2. The minimum Gasteiger partial charge on any atom is -0.354 e.